The number of nitrogens with one attached hydrogen (secondary N) is 1. The van der Waals surface area contributed by atoms with Gasteiger partial charge in [0.1, 0.15) is 18.2 Å². The average Bonchev–Trinajstić information content (AvgIpc) is 3.03. The maximum absolute atomic E-state index is 13.5. The zero-order valence-corrected chi connectivity index (χ0v) is 25.9. The maximum Gasteiger partial charge on any atom is 0.226 e. The molecule has 1 unspecified atom stereocenters. The van der Waals surface area contributed by atoms with E-state index in [2.05, 4.69) is 27.4 Å². The van der Waals surface area contributed by atoms with Gasteiger partial charge in [0, 0.05) is 56.8 Å². The molecule has 4 heterocycles. The molecule has 0 bridgehead atoms. The van der Waals surface area contributed by atoms with Gasteiger partial charge in [0.25, 0.3) is 0 Å². The Morgan fingerprint density at radius 3 is 2.65 bits per heavy atom. The highest BCUT2D eigenvalue weighted by Gasteiger charge is 2.41. The fraction of sp³-hybridized carbons (Fsp3) is 0.618. The number of carbonyl (C=O) groups is 3. The number of ether oxygens (including phenoxy) is 1. The second kappa shape index (κ2) is 14.3. The van der Waals surface area contributed by atoms with Crippen LogP contribution in [0.2, 0.25) is 0 Å². The zero-order chi connectivity index (χ0) is 30.2. The lowest BCUT2D eigenvalue weighted by Crippen LogP contribution is -2.50. The van der Waals surface area contributed by atoms with Crippen LogP contribution in [0.1, 0.15) is 93.4 Å². The van der Waals surface area contributed by atoms with Crippen LogP contribution in [0.3, 0.4) is 0 Å². The van der Waals surface area contributed by atoms with E-state index in [-0.39, 0.29) is 23.6 Å². The van der Waals surface area contributed by atoms with E-state index in [1.165, 1.54) is 5.56 Å². The molecule has 5 rings (SSSR count). The van der Waals surface area contributed by atoms with Crippen LogP contribution in [0.15, 0.2) is 30.3 Å². The number of para-hydroxylation sites is 1. The number of likely N-dealkylation sites (tertiary alicyclic amines) is 2. The molecule has 1 N–H and O–H groups in total. The molecule has 9 nitrogen and oxygen atoms in total. The van der Waals surface area contributed by atoms with Crippen molar-refractivity contribution in [3.63, 3.8) is 0 Å². The summed E-state index contributed by atoms with van der Waals surface area (Å²) in [6.45, 7) is 7.14. The summed E-state index contributed by atoms with van der Waals surface area (Å²) < 4.78 is 6.01. The van der Waals surface area contributed by atoms with Crippen LogP contribution >= 0.6 is 0 Å². The Morgan fingerprint density at radius 1 is 1.02 bits per heavy atom. The summed E-state index contributed by atoms with van der Waals surface area (Å²) in [5, 5.41) is 3.15. The number of aromatic nitrogens is 2. The molecule has 0 aliphatic carbocycles. The number of aryl methyl sites for hydroxylation is 3. The Hall–Kier alpha value is -3.49. The SMILES string of the molecule is CC(=O)N1CCCC(c2cc(CCC(=O)N3CCC4(CCCCCc5ccccc5OCCNC4=O)CC3)nc(C)n2)C1. The first-order valence-electron chi connectivity index (χ1n) is 16.2. The minimum atomic E-state index is -0.426. The van der Waals surface area contributed by atoms with Crippen molar-refractivity contribution < 1.29 is 19.1 Å². The lowest BCUT2D eigenvalue weighted by atomic mass is 9.73. The van der Waals surface area contributed by atoms with Crippen molar-refractivity contribution in [1.82, 2.24) is 25.1 Å². The van der Waals surface area contributed by atoms with Crippen molar-refractivity contribution in [1.29, 1.82) is 0 Å². The summed E-state index contributed by atoms with van der Waals surface area (Å²) in [4.78, 5) is 51.8. The molecule has 1 atom stereocenters. The third-order valence-electron chi connectivity index (χ3n) is 9.56. The number of nitrogens with zero attached hydrogens (tertiary/aromatic N) is 4. The van der Waals surface area contributed by atoms with Crippen molar-refractivity contribution in [3.05, 3.63) is 53.1 Å². The van der Waals surface area contributed by atoms with Crippen LogP contribution < -0.4 is 10.1 Å². The Morgan fingerprint density at radius 2 is 1.84 bits per heavy atom. The van der Waals surface area contributed by atoms with Crippen LogP contribution in [0.25, 0.3) is 0 Å². The Kier molecular flexibility index (Phi) is 10.3. The lowest BCUT2D eigenvalue weighted by molar-refractivity contribution is -0.141. The van der Waals surface area contributed by atoms with E-state index in [9.17, 15) is 14.4 Å². The molecule has 232 valence electrons. The van der Waals surface area contributed by atoms with Crippen molar-refractivity contribution in [2.75, 3.05) is 39.3 Å². The molecule has 1 aromatic carbocycles. The van der Waals surface area contributed by atoms with E-state index in [0.717, 1.165) is 68.6 Å². The smallest absolute Gasteiger partial charge is 0.226 e. The molecule has 3 amide bonds. The van der Waals surface area contributed by atoms with Crippen molar-refractivity contribution in [3.8, 4) is 5.75 Å². The van der Waals surface area contributed by atoms with Gasteiger partial charge in [0.2, 0.25) is 17.7 Å². The first-order valence-corrected chi connectivity index (χ1v) is 16.2. The molecule has 43 heavy (non-hydrogen) atoms. The molecule has 1 aromatic heterocycles. The fourth-order valence-electron chi connectivity index (χ4n) is 6.98. The first-order chi connectivity index (χ1) is 20.8. The minimum absolute atomic E-state index is 0.103. The van der Waals surface area contributed by atoms with Crippen molar-refractivity contribution in [2.24, 2.45) is 5.41 Å². The highest BCUT2D eigenvalue weighted by atomic mass is 16.5. The molecule has 9 heteroatoms. The minimum Gasteiger partial charge on any atom is -0.491 e. The quantitative estimate of drug-likeness (QED) is 0.568. The summed E-state index contributed by atoms with van der Waals surface area (Å²) >= 11 is 0. The van der Waals surface area contributed by atoms with Crippen LogP contribution in [0.4, 0.5) is 0 Å². The number of carbonyl (C=O) groups excluding carboxylic acids is 3. The van der Waals surface area contributed by atoms with E-state index in [4.69, 9.17) is 4.74 Å². The van der Waals surface area contributed by atoms with E-state index < -0.39 is 5.41 Å². The summed E-state index contributed by atoms with van der Waals surface area (Å²) in [6.07, 6.45) is 9.29. The predicted molar refractivity (Wildman–Crippen MR) is 165 cm³/mol. The molecule has 1 spiro atoms. The standard InChI is InChI=1S/C34H47N5O4/c1-25-36-29(23-30(37-25)28-11-8-19-39(24-28)26(2)40)13-14-32(41)38-20-16-34(17-21-38)15-7-3-4-9-27-10-5-6-12-31(27)43-22-18-35-33(34)42/h5-6,10,12,23,28H,3-4,7-9,11,13-22,24H2,1-2H3,(H,35,42). The average molecular weight is 590 g/mol. The van der Waals surface area contributed by atoms with E-state index in [1.807, 2.05) is 34.9 Å². The van der Waals surface area contributed by atoms with Gasteiger partial charge in [-0.3, -0.25) is 14.4 Å². The highest BCUT2D eigenvalue weighted by molar-refractivity contribution is 5.83. The van der Waals surface area contributed by atoms with Crippen LogP contribution in [0.5, 0.6) is 5.75 Å². The number of fused-ring (bicyclic) bond motifs is 1. The van der Waals surface area contributed by atoms with Gasteiger partial charge in [-0.1, -0.05) is 31.0 Å². The Bertz CT molecular complexity index is 1290. The number of benzene rings is 1. The number of amides is 3. The lowest BCUT2D eigenvalue weighted by Gasteiger charge is -2.41. The number of rotatable bonds is 4. The molecular weight excluding hydrogens is 542 g/mol. The van der Waals surface area contributed by atoms with Gasteiger partial charge in [-0.05, 0) is 76.0 Å². The summed E-state index contributed by atoms with van der Waals surface area (Å²) in [5.74, 6) is 2.15. The van der Waals surface area contributed by atoms with E-state index in [0.29, 0.717) is 64.3 Å². The van der Waals surface area contributed by atoms with Crippen LogP contribution in [-0.2, 0) is 27.2 Å². The van der Waals surface area contributed by atoms with Gasteiger partial charge in [0.15, 0.2) is 0 Å². The topological polar surface area (TPSA) is 105 Å². The third kappa shape index (κ3) is 7.92. The molecular formula is C34H47N5O4. The van der Waals surface area contributed by atoms with Gasteiger partial charge < -0.3 is 19.9 Å². The van der Waals surface area contributed by atoms with Gasteiger partial charge in [-0.15, -0.1) is 0 Å². The summed E-state index contributed by atoms with van der Waals surface area (Å²) in [6, 6.07) is 10.2. The molecule has 2 aromatic rings. The van der Waals surface area contributed by atoms with Gasteiger partial charge in [-0.25, -0.2) is 9.97 Å². The summed E-state index contributed by atoms with van der Waals surface area (Å²) in [5.41, 5.74) is 2.66. The second-order valence-corrected chi connectivity index (χ2v) is 12.6. The normalized spacial score (nSPS) is 21.4. The van der Waals surface area contributed by atoms with Crippen molar-refractivity contribution in [2.45, 2.75) is 90.4 Å². The van der Waals surface area contributed by atoms with Crippen LogP contribution in [0, 0.1) is 12.3 Å². The van der Waals surface area contributed by atoms with Crippen molar-refractivity contribution >= 4 is 17.7 Å². The fourth-order valence-corrected chi connectivity index (χ4v) is 6.98. The molecule has 2 fully saturated rings. The largest absolute Gasteiger partial charge is 0.491 e. The third-order valence-corrected chi connectivity index (χ3v) is 9.56. The van der Waals surface area contributed by atoms with E-state index >= 15 is 0 Å². The zero-order valence-electron chi connectivity index (χ0n) is 25.9. The van der Waals surface area contributed by atoms with Crippen LogP contribution in [-0.4, -0.2) is 76.8 Å². The molecule has 0 saturated carbocycles. The Labute approximate surface area is 255 Å². The molecule has 0 radical (unpaired) electrons. The number of hydrogen-bond acceptors (Lipinski definition) is 6. The predicted octanol–water partition coefficient (Wildman–Crippen LogP) is 4.36. The number of hydrogen-bond donors (Lipinski definition) is 1. The summed E-state index contributed by atoms with van der Waals surface area (Å²) in [7, 11) is 0. The highest BCUT2D eigenvalue weighted by Crippen LogP contribution is 2.38. The van der Waals surface area contributed by atoms with Gasteiger partial charge in [-0.2, -0.15) is 0 Å². The second-order valence-electron chi connectivity index (χ2n) is 12.6. The monoisotopic (exact) mass is 589 g/mol. The molecule has 3 aliphatic rings. The number of piperidine rings is 2. The molecule has 2 saturated heterocycles. The van der Waals surface area contributed by atoms with Gasteiger partial charge >= 0.3 is 0 Å². The maximum atomic E-state index is 13.5. The van der Waals surface area contributed by atoms with E-state index in [1.54, 1.807) is 6.92 Å². The first kappa shape index (κ1) is 31.0. The van der Waals surface area contributed by atoms with Gasteiger partial charge in [0.05, 0.1) is 12.0 Å². The molecule has 3 aliphatic heterocycles. The Balaban J connectivity index is 1.15.